The molecule has 3 heterocycles. The monoisotopic (exact) mass is 554 g/mol. The van der Waals surface area contributed by atoms with Crippen LogP contribution in [-0.2, 0) is 17.8 Å². The number of nitrogens with zero attached hydrogens (tertiary/aromatic N) is 6. The molecule has 1 amide bonds. The molecule has 0 bridgehead atoms. The first-order chi connectivity index (χ1) is 19.4. The third-order valence-corrected chi connectivity index (χ3v) is 8.11. The van der Waals surface area contributed by atoms with E-state index in [0.29, 0.717) is 47.9 Å². The number of anilines is 1. The van der Waals surface area contributed by atoms with Crippen LogP contribution in [0.5, 0.6) is 0 Å². The van der Waals surface area contributed by atoms with Crippen LogP contribution in [-0.4, -0.2) is 55.6 Å². The van der Waals surface area contributed by atoms with Crippen LogP contribution < -0.4 is 10.5 Å². The van der Waals surface area contributed by atoms with E-state index in [9.17, 15) is 9.59 Å². The zero-order chi connectivity index (χ0) is 27.8. The molecule has 8 nitrogen and oxygen atoms in total. The average Bonchev–Trinajstić information content (AvgIpc) is 3.39. The van der Waals surface area contributed by atoms with Gasteiger partial charge in [0.1, 0.15) is 5.82 Å². The summed E-state index contributed by atoms with van der Waals surface area (Å²) in [6.45, 7) is 6.68. The van der Waals surface area contributed by atoms with Crippen molar-refractivity contribution in [3.05, 3.63) is 105 Å². The summed E-state index contributed by atoms with van der Waals surface area (Å²) in [5.41, 5.74) is 3.82. The number of carbonyl (C=O) groups is 1. The molecule has 9 heteroatoms. The number of aryl methyl sites for hydroxylation is 2. The Morgan fingerprint density at radius 2 is 1.80 bits per heavy atom. The van der Waals surface area contributed by atoms with Crippen molar-refractivity contribution in [2.45, 2.75) is 39.3 Å². The Morgan fingerprint density at radius 3 is 2.60 bits per heavy atom. The molecular weight excluding hydrogens is 524 g/mol. The lowest BCUT2D eigenvalue weighted by Gasteiger charge is -2.41. The smallest absolute Gasteiger partial charge is 0.263 e. The van der Waals surface area contributed by atoms with Gasteiger partial charge in [-0.05, 0) is 55.3 Å². The minimum Gasteiger partial charge on any atom is -0.365 e. The number of rotatable bonds is 6. The van der Waals surface area contributed by atoms with Crippen molar-refractivity contribution in [2.75, 3.05) is 24.5 Å². The molecular formula is C31H31ClN6O2. The normalized spacial score (nSPS) is 15.7. The lowest BCUT2D eigenvalue weighted by atomic mass is 10.1. The molecule has 1 aliphatic heterocycles. The van der Waals surface area contributed by atoms with E-state index in [2.05, 4.69) is 53.2 Å². The molecule has 0 aliphatic carbocycles. The van der Waals surface area contributed by atoms with E-state index in [0.717, 1.165) is 17.6 Å². The number of hydrogen-bond donors (Lipinski definition) is 0. The van der Waals surface area contributed by atoms with Crippen molar-refractivity contribution in [1.29, 1.82) is 0 Å². The molecule has 1 aliphatic rings. The van der Waals surface area contributed by atoms with Gasteiger partial charge in [-0.2, -0.15) is 0 Å². The summed E-state index contributed by atoms with van der Waals surface area (Å²) >= 11 is 6.42. The number of amides is 1. The summed E-state index contributed by atoms with van der Waals surface area (Å²) in [6.07, 6.45) is 0.733. The number of piperazine rings is 1. The molecule has 1 fully saturated rings. The van der Waals surface area contributed by atoms with Crippen LogP contribution in [0.2, 0.25) is 5.02 Å². The molecule has 40 heavy (non-hydrogen) atoms. The molecule has 2 aromatic heterocycles. The Balaban J connectivity index is 1.24. The third-order valence-electron chi connectivity index (χ3n) is 7.74. The second kappa shape index (κ2) is 10.8. The van der Waals surface area contributed by atoms with Gasteiger partial charge in [0, 0.05) is 49.2 Å². The fourth-order valence-corrected chi connectivity index (χ4v) is 5.86. The van der Waals surface area contributed by atoms with Gasteiger partial charge < -0.3 is 9.80 Å². The van der Waals surface area contributed by atoms with E-state index in [-0.39, 0.29) is 24.1 Å². The SMILES string of the molecule is Cc1cccc(N2CCN(C(=O)CCc3nnc4n(Cc5ccccc5Cl)c(=O)c5ccccc5n34)CC2C)c1. The first-order valence-electron chi connectivity index (χ1n) is 13.6. The fourth-order valence-electron chi connectivity index (χ4n) is 5.67. The number of hydrogen-bond acceptors (Lipinski definition) is 5. The van der Waals surface area contributed by atoms with Crippen LogP contribution in [0.4, 0.5) is 5.69 Å². The van der Waals surface area contributed by atoms with Crippen LogP contribution in [0.3, 0.4) is 0 Å². The molecule has 6 rings (SSSR count). The minimum atomic E-state index is -0.154. The predicted octanol–water partition coefficient (Wildman–Crippen LogP) is 4.72. The summed E-state index contributed by atoms with van der Waals surface area (Å²) in [5.74, 6) is 1.19. The highest BCUT2D eigenvalue weighted by Gasteiger charge is 2.27. The summed E-state index contributed by atoms with van der Waals surface area (Å²) in [5, 5.41) is 10.0. The van der Waals surface area contributed by atoms with E-state index in [1.807, 2.05) is 57.8 Å². The van der Waals surface area contributed by atoms with Gasteiger partial charge in [-0.1, -0.05) is 54.1 Å². The highest BCUT2D eigenvalue weighted by atomic mass is 35.5. The number of benzene rings is 3. The maximum Gasteiger partial charge on any atom is 0.263 e. The third kappa shape index (κ3) is 4.84. The maximum atomic E-state index is 13.5. The molecule has 3 aromatic carbocycles. The maximum absolute atomic E-state index is 13.5. The van der Waals surface area contributed by atoms with Gasteiger partial charge in [0.05, 0.1) is 17.4 Å². The van der Waals surface area contributed by atoms with Crippen molar-refractivity contribution in [3.8, 4) is 0 Å². The highest BCUT2D eigenvalue weighted by Crippen LogP contribution is 2.23. The zero-order valence-corrected chi connectivity index (χ0v) is 23.4. The van der Waals surface area contributed by atoms with Gasteiger partial charge in [0.25, 0.3) is 5.56 Å². The lowest BCUT2D eigenvalue weighted by molar-refractivity contribution is -0.131. The van der Waals surface area contributed by atoms with E-state index < -0.39 is 0 Å². The number of fused-ring (bicyclic) bond motifs is 3. The van der Waals surface area contributed by atoms with Crippen LogP contribution in [0.1, 0.15) is 30.3 Å². The largest absolute Gasteiger partial charge is 0.365 e. The Hall–Kier alpha value is -4.17. The second-order valence-electron chi connectivity index (χ2n) is 10.5. The van der Waals surface area contributed by atoms with Crippen molar-refractivity contribution in [2.24, 2.45) is 0 Å². The van der Waals surface area contributed by atoms with Crippen LogP contribution >= 0.6 is 11.6 Å². The van der Waals surface area contributed by atoms with Crippen molar-refractivity contribution < 1.29 is 4.79 Å². The number of para-hydroxylation sites is 1. The Kier molecular flexibility index (Phi) is 7.02. The van der Waals surface area contributed by atoms with Crippen molar-refractivity contribution >= 4 is 39.9 Å². The molecule has 1 unspecified atom stereocenters. The van der Waals surface area contributed by atoms with Crippen LogP contribution in [0, 0.1) is 6.92 Å². The highest BCUT2D eigenvalue weighted by molar-refractivity contribution is 6.31. The molecule has 5 aromatic rings. The van der Waals surface area contributed by atoms with E-state index in [1.165, 1.54) is 11.3 Å². The van der Waals surface area contributed by atoms with E-state index in [4.69, 9.17) is 11.6 Å². The molecule has 1 saturated heterocycles. The molecule has 0 radical (unpaired) electrons. The zero-order valence-electron chi connectivity index (χ0n) is 22.6. The van der Waals surface area contributed by atoms with E-state index in [1.54, 1.807) is 4.57 Å². The van der Waals surface area contributed by atoms with Crippen LogP contribution in [0.15, 0.2) is 77.6 Å². The van der Waals surface area contributed by atoms with Gasteiger partial charge in [-0.25, -0.2) is 0 Å². The standard InChI is InChI=1S/C31H31ClN6O2/c1-21-8-7-10-24(18-21)36-17-16-35(19-22(36)2)29(39)15-14-28-33-34-31-37(20-23-9-3-5-12-26(23)32)30(40)25-11-4-6-13-27(25)38(28)31/h3-13,18,22H,14-17,19-20H2,1-2H3. The Bertz CT molecular complexity index is 1780. The summed E-state index contributed by atoms with van der Waals surface area (Å²) in [7, 11) is 0. The van der Waals surface area contributed by atoms with Gasteiger partial charge in [-0.3, -0.25) is 18.6 Å². The van der Waals surface area contributed by atoms with Gasteiger partial charge in [0.15, 0.2) is 0 Å². The molecule has 204 valence electrons. The topological polar surface area (TPSA) is 75.7 Å². The predicted molar refractivity (Wildman–Crippen MR) is 158 cm³/mol. The van der Waals surface area contributed by atoms with E-state index >= 15 is 0 Å². The van der Waals surface area contributed by atoms with Crippen molar-refractivity contribution in [1.82, 2.24) is 24.1 Å². The summed E-state index contributed by atoms with van der Waals surface area (Å²) in [4.78, 5) is 31.1. The Labute approximate surface area is 237 Å². The summed E-state index contributed by atoms with van der Waals surface area (Å²) < 4.78 is 3.51. The Morgan fingerprint density at radius 1 is 1.00 bits per heavy atom. The minimum absolute atomic E-state index is 0.0983. The number of carbonyl (C=O) groups excluding carboxylic acids is 1. The quantitative estimate of drug-likeness (QED) is 0.303. The van der Waals surface area contributed by atoms with Gasteiger partial charge >= 0.3 is 0 Å². The fraction of sp³-hybridized carbons (Fsp3) is 0.290. The van der Waals surface area contributed by atoms with Crippen molar-refractivity contribution in [3.63, 3.8) is 0 Å². The molecule has 0 saturated carbocycles. The molecule has 0 N–H and O–H groups in total. The number of halogens is 1. The first-order valence-corrected chi connectivity index (χ1v) is 14.0. The average molecular weight is 555 g/mol. The first kappa shape index (κ1) is 26.1. The van der Waals surface area contributed by atoms with Gasteiger partial charge in [-0.15, -0.1) is 10.2 Å². The van der Waals surface area contributed by atoms with Gasteiger partial charge in [0.2, 0.25) is 11.7 Å². The van der Waals surface area contributed by atoms with Crippen LogP contribution in [0.25, 0.3) is 16.7 Å². The summed E-state index contributed by atoms with van der Waals surface area (Å²) in [6, 6.07) is 23.6. The molecule has 1 atom stereocenters. The molecule has 0 spiro atoms. The lowest BCUT2D eigenvalue weighted by Crippen LogP contribution is -2.53. The number of aromatic nitrogens is 4. The second-order valence-corrected chi connectivity index (χ2v) is 10.9.